The molecule has 0 bridgehead atoms. The third-order valence-electron chi connectivity index (χ3n) is 22.5. The van der Waals surface area contributed by atoms with E-state index in [2.05, 4.69) is 299 Å². The predicted octanol–water partition coefficient (Wildman–Crippen LogP) is 19.0. The summed E-state index contributed by atoms with van der Waals surface area (Å²) in [6, 6.07) is 57.3. The molecule has 5 aliphatic rings. The van der Waals surface area contributed by atoms with E-state index in [9.17, 15) is 4.79 Å². The van der Waals surface area contributed by atoms with Crippen LogP contribution >= 0.6 is 0 Å². The lowest BCUT2D eigenvalue weighted by Gasteiger charge is -2.25. The second-order valence-electron chi connectivity index (χ2n) is 30.3. The van der Waals surface area contributed by atoms with E-state index < -0.39 is 0 Å². The maximum Gasteiger partial charge on any atom is 0.269 e. The first-order chi connectivity index (χ1) is 50.9. The molecule has 0 fully saturated rings. The zero-order valence-corrected chi connectivity index (χ0v) is 63.5. The number of hydrogen-bond donors (Lipinski definition) is 2. The first-order valence-corrected chi connectivity index (χ1v) is 37.7. The fraction of sp³-hybridized carbons (Fsp3) is 0.293. The minimum Gasteiger partial charge on any atom is -0.354 e. The highest BCUT2D eigenvalue weighted by atomic mass is 16.1. The van der Waals surface area contributed by atoms with Crippen LogP contribution in [0.5, 0.6) is 0 Å². The highest BCUT2D eigenvalue weighted by Gasteiger charge is 2.29. The molecule has 0 spiro atoms. The van der Waals surface area contributed by atoms with Crippen LogP contribution in [0.4, 0.5) is 0 Å². The Bertz CT molecular complexity index is 5560. The largest absolute Gasteiger partial charge is 0.354 e. The lowest BCUT2D eigenvalue weighted by Crippen LogP contribution is -2.27. The lowest BCUT2D eigenvalue weighted by molar-refractivity contribution is 0.0958. The van der Waals surface area contributed by atoms with Gasteiger partial charge in [-0.15, -0.1) is 0 Å². The number of nitrogens with one attached hydrogen (secondary N) is 2. The fourth-order valence-corrected chi connectivity index (χ4v) is 16.9. The number of rotatable bonds is 9. The first kappa shape index (κ1) is 70.3. The number of benzene rings is 7. The van der Waals surface area contributed by atoms with Gasteiger partial charge in [0.2, 0.25) is 0 Å². The molecule has 0 saturated heterocycles. The topological polar surface area (TPSA) is 103 Å². The van der Waals surface area contributed by atoms with Gasteiger partial charge in [-0.2, -0.15) is 5.10 Å². The van der Waals surface area contributed by atoms with Gasteiger partial charge in [0.05, 0.1) is 28.3 Å². The molecule has 2 N–H and O–H groups in total. The van der Waals surface area contributed by atoms with Gasteiger partial charge in [-0.25, -0.2) is 0 Å². The van der Waals surface area contributed by atoms with Crippen LogP contribution in [-0.2, 0) is 51.9 Å². The van der Waals surface area contributed by atoms with Crippen molar-refractivity contribution in [2.75, 3.05) is 61.4 Å². The van der Waals surface area contributed by atoms with Crippen LogP contribution in [0, 0.1) is 27.7 Å². The number of hydrogen-bond acceptors (Lipinski definition) is 7. The van der Waals surface area contributed by atoms with E-state index in [1.165, 1.54) is 158 Å². The molecule has 6 aromatic heterocycles. The summed E-state index contributed by atoms with van der Waals surface area (Å²) in [5, 5.41) is 17.8. The summed E-state index contributed by atoms with van der Waals surface area (Å²) in [4.78, 5) is 25.7. The molecule has 4 aliphatic heterocycles. The molecule has 18 rings (SSSR count). The van der Waals surface area contributed by atoms with Crippen molar-refractivity contribution in [2.45, 2.75) is 120 Å². The summed E-state index contributed by atoms with van der Waals surface area (Å²) in [5.41, 5.74) is 34.4. The zero-order valence-electron chi connectivity index (χ0n) is 63.5. The number of pyridine rings is 1. The Labute approximate surface area is 619 Å². The van der Waals surface area contributed by atoms with Gasteiger partial charge in [-0.05, 0) is 223 Å². The maximum atomic E-state index is 11.7. The molecule has 13 nitrogen and oxygen atoms in total. The van der Waals surface area contributed by atoms with Gasteiger partial charge >= 0.3 is 0 Å². The Morgan fingerprint density at radius 2 is 0.905 bits per heavy atom. The summed E-state index contributed by atoms with van der Waals surface area (Å²) in [6.45, 7) is 23.7. The van der Waals surface area contributed by atoms with Crippen LogP contribution in [0.15, 0.2) is 176 Å². The van der Waals surface area contributed by atoms with Gasteiger partial charge in [0.25, 0.3) is 5.91 Å². The molecule has 1 aliphatic carbocycles. The molecule has 0 radical (unpaired) electrons. The minimum absolute atomic E-state index is 0.168. The summed E-state index contributed by atoms with van der Waals surface area (Å²) < 4.78 is 9.82. The van der Waals surface area contributed by atoms with E-state index in [1.54, 1.807) is 36.1 Å². The lowest BCUT2D eigenvalue weighted by atomic mass is 10.00. The van der Waals surface area contributed by atoms with Gasteiger partial charge in [0, 0.05) is 172 Å². The molecular formula is C92H100N12O. The molecule has 13 aromatic rings. The molecule has 105 heavy (non-hydrogen) atoms. The number of aromatic amines is 1. The van der Waals surface area contributed by atoms with Crippen LogP contribution in [0.25, 0.3) is 101 Å². The van der Waals surface area contributed by atoms with E-state index in [-0.39, 0.29) is 5.91 Å². The van der Waals surface area contributed by atoms with E-state index in [1.807, 2.05) is 18.5 Å². The fourth-order valence-electron chi connectivity index (χ4n) is 16.9. The average Bonchev–Trinajstić information content (AvgIpc) is 1.65. The SMILES string of the molecule is C/C(=C\n1c2c(c3cc(C)ccc31)CN(C)CC2)c1cccc2ccccc12.C/C(=C\n1c2c(c3cc(C)ccc31)CN(C)CC2)c1cn[nH]c1.CNC(=O)c1ccc(/C(C)=C/n2c3c(c4cc(C)ccc42)CN(C)CC3)cn1.Cc1ccc2c(c1)c1c(n2C2=C(c3ccccc3)CCC2)CCN(C)C1. The summed E-state index contributed by atoms with van der Waals surface area (Å²) in [7, 11) is 10.5. The number of H-pyrrole nitrogens is 1. The number of fused-ring (bicyclic) bond motifs is 13. The second-order valence-corrected chi connectivity index (χ2v) is 30.3. The van der Waals surface area contributed by atoms with Gasteiger partial charge in [-0.1, -0.05) is 125 Å². The van der Waals surface area contributed by atoms with Gasteiger partial charge in [0.15, 0.2) is 0 Å². The minimum atomic E-state index is -0.168. The highest BCUT2D eigenvalue weighted by molar-refractivity contribution is 5.99. The van der Waals surface area contributed by atoms with Crippen LogP contribution in [0.2, 0.25) is 0 Å². The molecule has 0 saturated carbocycles. The number of carbonyl (C=O) groups is 1. The van der Waals surface area contributed by atoms with Crippen molar-refractivity contribution in [3.8, 4) is 0 Å². The van der Waals surface area contributed by atoms with Gasteiger partial charge in [0.1, 0.15) is 5.69 Å². The van der Waals surface area contributed by atoms with Crippen molar-refractivity contribution in [2.24, 2.45) is 0 Å². The van der Waals surface area contributed by atoms with Crippen LogP contribution in [0.1, 0.15) is 140 Å². The van der Waals surface area contributed by atoms with E-state index >= 15 is 0 Å². The van der Waals surface area contributed by atoms with Crippen LogP contribution < -0.4 is 5.32 Å². The molecule has 10 heterocycles. The van der Waals surface area contributed by atoms with E-state index in [4.69, 9.17) is 0 Å². The van der Waals surface area contributed by atoms with Crippen molar-refractivity contribution in [3.05, 3.63) is 272 Å². The number of aryl methyl sites for hydroxylation is 4. The molecule has 0 atom stereocenters. The van der Waals surface area contributed by atoms with Crippen molar-refractivity contribution in [3.63, 3.8) is 0 Å². The zero-order chi connectivity index (χ0) is 72.7. The maximum absolute atomic E-state index is 11.7. The highest BCUT2D eigenvalue weighted by Crippen LogP contribution is 2.43. The molecule has 7 aromatic carbocycles. The number of likely N-dealkylation sites (N-methyl/N-ethyl adjacent to an activating group) is 4. The Balaban J connectivity index is 0.000000113. The van der Waals surface area contributed by atoms with E-state index in [0.717, 1.165) is 94.7 Å². The number of carbonyl (C=O) groups excluding carboxylic acids is 1. The number of amides is 1. The third-order valence-corrected chi connectivity index (χ3v) is 22.5. The standard InChI is InChI=1S/C26H26N2.C24H26N2.C23H26N4O.C19H22N4/c1-18-11-12-25-23(15-18)24-17-27(3)14-13-26(24)28(25)16-19(2)21-10-6-8-20-7-4-5-9-22(20)21;1-17-11-12-23-20(15-17)21-16-25(2)14-13-24(21)26(23)22-10-6-9-19(22)18-7-4-3-5-8-18;1-15-5-8-21-18(11-15)19-14-26(4)10-9-22(19)27(21)13-16(2)17-6-7-20(25-12-17)23(28)24-3;1-13-4-5-18-16(8-13)17-12-22(3)7-6-19(17)23(18)11-14(2)15-9-20-21-10-15/h4-12,15-16H,13-14,17H2,1-3H3;3-5,7-8,11-12,15H,6,9-10,13-14,16H2,1-2H3;5-8,11-13H,9-10,14H2,1-4H3,(H,24,28);4-5,8-11H,6-7,12H2,1-3H3,(H,20,21)/b19-16+;;16-13+;14-11+. The number of nitrogens with zero attached hydrogens (tertiary/aromatic N) is 10. The second kappa shape index (κ2) is 30.0. The summed E-state index contributed by atoms with van der Waals surface area (Å²) in [6.07, 6.45) is 20.4. The molecule has 534 valence electrons. The molecule has 0 unspecified atom stereocenters. The summed E-state index contributed by atoms with van der Waals surface area (Å²) >= 11 is 0. The monoisotopic (exact) mass is 1390 g/mol. The van der Waals surface area contributed by atoms with E-state index in [0.29, 0.717) is 5.69 Å². The van der Waals surface area contributed by atoms with Crippen molar-refractivity contribution >= 4 is 107 Å². The first-order valence-electron chi connectivity index (χ1n) is 37.7. The predicted molar refractivity (Wildman–Crippen MR) is 440 cm³/mol. The van der Waals surface area contributed by atoms with Crippen molar-refractivity contribution < 1.29 is 4.79 Å². The normalized spacial score (nSPS) is 16.0. The van der Waals surface area contributed by atoms with Crippen molar-refractivity contribution in [1.29, 1.82) is 0 Å². The molecule has 1 amide bonds. The molecule has 13 heteroatoms. The number of allylic oxidation sites excluding steroid dienone is 5. The Morgan fingerprint density at radius 3 is 1.40 bits per heavy atom. The Morgan fingerprint density at radius 1 is 0.448 bits per heavy atom. The quantitative estimate of drug-likeness (QED) is 0.148. The van der Waals surface area contributed by atoms with Crippen LogP contribution in [0.3, 0.4) is 0 Å². The van der Waals surface area contributed by atoms with Crippen LogP contribution in [-0.4, -0.2) is 120 Å². The van der Waals surface area contributed by atoms with Crippen molar-refractivity contribution in [1.82, 2.24) is 58.4 Å². The molecular weight excluding hydrogens is 1290 g/mol. The Hall–Kier alpha value is -10.4. The van der Waals surface area contributed by atoms with Gasteiger partial charge < -0.3 is 43.2 Å². The summed E-state index contributed by atoms with van der Waals surface area (Å²) in [5.74, 6) is -0.168. The third kappa shape index (κ3) is 14.1. The van der Waals surface area contributed by atoms with Gasteiger partial charge in [-0.3, -0.25) is 14.9 Å². The average molecular weight is 1390 g/mol. The smallest absolute Gasteiger partial charge is 0.269 e. The Kier molecular flexibility index (Phi) is 20.1. The number of aromatic nitrogens is 7.